The van der Waals surface area contributed by atoms with Gasteiger partial charge in [-0.3, -0.25) is 4.79 Å². The van der Waals surface area contributed by atoms with Crippen molar-refractivity contribution in [1.29, 1.82) is 0 Å². The van der Waals surface area contributed by atoms with E-state index in [1.807, 2.05) is 13.8 Å². The molecule has 2 bridgehead atoms. The number of carbonyl (C=O) groups is 1. The molecule has 11 nitrogen and oxygen atoms in total. The monoisotopic (exact) mass is 460 g/mol. The average Bonchev–Trinajstić information content (AvgIpc) is 3.04. The highest BCUT2D eigenvalue weighted by atomic mass is 16.7. The van der Waals surface area contributed by atoms with Crippen molar-refractivity contribution in [3.05, 3.63) is 11.6 Å². The summed E-state index contributed by atoms with van der Waals surface area (Å²) >= 11 is 0. The Bertz CT molecular complexity index is 754. The molecule has 0 aromatic heterocycles. The number of ketones is 1. The second kappa shape index (κ2) is 8.66. The maximum absolute atomic E-state index is 12.3. The molecule has 10 atom stereocenters. The molecule has 2 saturated heterocycles. The molecular weight excluding hydrogens is 428 g/mol. The lowest BCUT2D eigenvalue weighted by Crippen LogP contribution is -2.60. The number of ether oxygens (including phenoxy) is 4. The predicted octanol–water partition coefficient (Wildman–Crippen LogP) is -2.56. The van der Waals surface area contributed by atoms with Crippen molar-refractivity contribution in [2.75, 3.05) is 26.4 Å². The molecule has 0 spiro atoms. The van der Waals surface area contributed by atoms with Gasteiger partial charge in [0.1, 0.15) is 36.1 Å². The quantitative estimate of drug-likeness (QED) is 0.236. The third-order valence-electron chi connectivity index (χ3n) is 7.47. The van der Waals surface area contributed by atoms with Crippen LogP contribution in [-0.4, -0.2) is 112 Å². The molecule has 6 N–H and O–H groups in total. The van der Waals surface area contributed by atoms with Crippen LogP contribution >= 0.6 is 0 Å². The van der Waals surface area contributed by atoms with Crippen molar-refractivity contribution in [2.24, 2.45) is 17.3 Å². The molecule has 2 heterocycles. The van der Waals surface area contributed by atoms with Crippen LogP contribution < -0.4 is 0 Å². The Morgan fingerprint density at radius 1 is 1.06 bits per heavy atom. The Labute approximate surface area is 185 Å². The normalized spacial score (nSPS) is 47.8. The Hall–Kier alpha value is -0.990. The summed E-state index contributed by atoms with van der Waals surface area (Å²) < 4.78 is 21.8. The molecule has 2 aliphatic heterocycles. The van der Waals surface area contributed by atoms with Gasteiger partial charge in [-0.05, 0) is 29.4 Å². The molecule has 0 aromatic carbocycles. The predicted molar refractivity (Wildman–Crippen MR) is 105 cm³/mol. The summed E-state index contributed by atoms with van der Waals surface area (Å²) in [7, 11) is 0. The van der Waals surface area contributed by atoms with Gasteiger partial charge in [-0.2, -0.15) is 0 Å². The third kappa shape index (κ3) is 3.94. The smallest absolute Gasteiger partial charge is 0.187 e. The minimum absolute atomic E-state index is 0.0166. The van der Waals surface area contributed by atoms with Gasteiger partial charge < -0.3 is 49.6 Å². The van der Waals surface area contributed by atoms with E-state index in [0.717, 1.165) is 12.0 Å². The number of hydrogen-bond acceptors (Lipinski definition) is 11. The summed E-state index contributed by atoms with van der Waals surface area (Å²) in [5, 5.41) is 60.1. The number of aliphatic hydroxyl groups excluding tert-OH is 5. The molecule has 0 aromatic rings. The topological polar surface area (TPSA) is 175 Å². The highest BCUT2D eigenvalue weighted by Crippen LogP contribution is 2.57. The Balaban J connectivity index is 1.35. The van der Waals surface area contributed by atoms with Gasteiger partial charge in [-0.25, -0.2) is 0 Å². The van der Waals surface area contributed by atoms with Crippen LogP contribution in [0.25, 0.3) is 0 Å². The lowest BCUT2D eigenvalue weighted by Gasteiger charge is -2.55. The number of allylic oxidation sites excluding steroid dienone is 1. The second-order valence-corrected chi connectivity index (χ2v) is 9.83. The van der Waals surface area contributed by atoms with Crippen LogP contribution in [-0.2, 0) is 23.7 Å². The van der Waals surface area contributed by atoms with Crippen molar-refractivity contribution < 1.29 is 54.4 Å². The van der Waals surface area contributed by atoms with Crippen molar-refractivity contribution in [3.63, 3.8) is 0 Å². The lowest BCUT2D eigenvalue weighted by molar-refractivity contribution is -0.308. The maximum atomic E-state index is 12.3. The largest absolute Gasteiger partial charge is 0.393 e. The van der Waals surface area contributed by atoms with Crippen LogP contribution in [0.1, 0.15) is 20.3 Å². The van der Waals surface area contributed by atoms with E-state index in [9.17, 15) is 35.4 Å². The van der Waals surface area contributed by atoms with Crippen LogP contribution in [0, 0.1) is 17.3 Å². The number of hydrogen-bond donors (Lipinski definition) is 6. The number of rotatable bonds is 7. The molecule has 0 radical (unpaired) electrons. The van der Waals surface area contributed by atoms with E-state index in [-0.39, 0.29) is 42.9 Å². The Kier molecular flexibility index (Phi) is 6.53. The number of fused-ring (bicyclic) bond motifs is 1. The van der Waals surface area contributed by atoms with Crippen molar-refractivity contribution >= 4 is 5.78 Å². The molecule has 11 heteroatoms. The summed E-state index contributed by atoms with van der Waals surface area (Å²) in [6.07, 6.45) is -7.52. The summed E-state index contributed by atoms with van der Waals surface area (Å²) in [5.41, 5.74) is -1.21. The molecule has 0 amide bonds. The van der Waals surface area contributed by atoms with Gasteiger partial charge in [0, 0.05) is 5.92 Å². The molecule has 1 saturated carbocycles. The standard InChI is InChI=1S/C21H32O11/c1-20(2)10-4-11(20)12(23)3-9(10)5-29-18-16(26)15(25)14(24)13(32-18)6-30-19-17(27)21(28,7-22)8-31-19/h3,10-11,13-19,22,24-28H,4-8H2,1-2H3/t10-,11+,13-,14-,15+,16-,17+,18-,19-,21-/m1/s1. The number of carbonyl (C=O) groups excluding carboxylic acids is 1. The van der Waals surface area contributed by atoms with E-state index in [0.29, 0.717) is 0 Å². The SMILES string of the molecule is CC1(C)[C@@H]2C[C@H]1C(=O)C=C2CO[C@@H]1O[C@H](CO[C@@H]2OC[C@](O)(CO)[C@H]2O)[C@@H](O)[C@H](O)[C@H]1O. The summed E-state index contributed by atoms with van der Waals surface area (Å²) in [4.78, 5) is 12.3. The first-order valence-electron chi connectivity index (χ1n) is 10.8. The van der Waals surface area contributed by atoms with Gasteiger partial charge in [0.05, 0.1) is 26.4 Å². The van der Waals surface area contributed by atoms with Gasteiger partial charge in [0.15, 0.2) is 18.4 Å². The summed E-state index contributed by atoms with van der Waals surface area (Å²) in [6, 6.07) is 0. The second-order valence-electron chi connectivity index (χ2n) is 9.83. The fourth-order valence-corrected chi connectivity index (χ4v) is 5.06. The van der Waals surface area contributed by atoms with E-state index < -0.39 is 55.3 Å². The molecular formula is C21H32O11. The molecule has 3 fully saturated rings. The van der Waals surface area contributed by atoms with E-state index >= 15 is 0 Å². The summed E-state index contributed by atoms with van der Waals surface area (Å²) in [6.45, 7) is 2.67. The lowest BCUT2D eigenvalue weighted by atomic mass is 9.48. The average molecular weight is 460 g/mol. The zero-order valence-corrected chi connectivity index (χ0v) is 18.0. The Morgan fingerprint density at radius 3 is 2.38 bits per heavy atom. The zero-order chi connectivity index (χ0) is 23.4. The van der Waals surface area contributed by atoms with Crippen LogP contribution in [0.2, 0.25) is 0 Å². The van der Waals surface area contributed by atoms with E-state index in [1.54, 1.807) is 6.08 Å². The van der Waals surface area contributed by atoms with Crippen molar-refractivity contribution in [3.8, 4) is 0 Å². The fraction of sp³-hybridized carbons (Fsp3) is 0.857. The van der Waals surface area contributed by atoms with Gasteiger partial charge in [0.25, 0.3) is 0 Å². The molecule has 0 unspecified atom stereocenters. The Morgan fingerprint density at radius 2 is 1.78 bits per heavy atom. The van der Waals surface area contributed by atoms with Gasteiger partial charge in [-0.1, -0.05) is 13.8 Å². The van der Waals surface area contributed by atoms with Crippen molar-refractivity contribution in [1.82, 2.24) is 0 Å². The molecule has 5 aliphatic rings. The number of aliphatic hydroxyl groups is 6. The van der Waals surface area contributed by atoms with Crippen LogP contribution in [0.3, 0.4) is 0 Å². The summed E-state index contributed by atoms with van der Waals surface area (Å²) in [5.74, 6) is 0.260. The molecule has 32 heavy (non-hydrogen) atoms. The fourth-order valence-electron chi connectivity index (χ4n) is 5.06. The van der Waals surface area contributed by atoms with Gasteiger partial charge >= 0.3 is 0 Å². The third-order valence-corrected chi connectivity index (χ3v) is 7.47. The highest BCUT2D eigenvalue weighted by Gasteiger charge is 2.55. The van der Waals surface area contributed by atoms with Gasteiger partial charge in [-0.15, -0.1) is 0 Å². The first-order valence-corrected chi connectivity index (χ1v) is 10.8. The van der Waals surface area contributed by atoms with E-state index in [2.05, 4.69) is 0 Å². The molecule has 3 aliphatic carbocycles. The minimum Gasteiger partial charge on any atom is -0.393 e. The first kappa shape index (κ1) is 24.1. The minimum atomic E-state index is -1.86. The van der Waals surface area contributed by atoms with E-state index in [4.69, 9.17) is 18.9 Å². The zero-order valence-electron chi connectivity index (χ0n) is 18.0. The first-order chi connectivity index (χ1) is 15.0. The van der Waals surface area contributed by atoms with Gasteiger partial charge in [0.2, 0.25) is 0 Å². The van der Waals surface area contributed by atoms with Crippen molar-refractivity contribution in [2.45, 2.75) is 69.0 Å². The molecule has 182 valence electrons. The van der Waals surface area contributed by atoms with Crippen LogP contribution in [0.4, 0.5) is 0 Å². The maximum Gasteiger partial charge on any atom is 0.187 e. The van der Waals surface area contributed by atoms with Crippen LogP contribution in [0.15, 0.2) is 11.6 Å². The van der Waals surface area contributed by atoms with E-state index in [1.165, 1.54) is 0 Å². The highest BCUT2D eigenvalue weighted by molar-refractivity contribution is 5.96. The molecule has 5 rings (SSSR count). The van der Waals surface area contributed by atoms with Crippen LogP contribution in [0.5, 0.6) is 0 Å².